The average Bonchev–Trinajstić information content (AvgIpc) is 2.55. The van der Waals surface area contributed by atoms with Crippen molar-refractivity contribution in [2.24, 2.45) is 0 Å². The summed E-state index contributed by atoms with van der Waals surface area (Å²) < 4.78 is 21.0. The van der Waals surface area contributed by atoms with Gasteiger partial charge in [-0.1, -0.05) is 13.8 Å². The quantitative estimate of drug-likeness (QED) is 0.359. The molecule has 0 aromatic heterocycles. The number of carbonyl (C=O) groups excluding carboxylic acids is 1. The SMILES string of the molecule is CCOCCOCCOCCOCC(=O)NCCCCNC(C)C. The van der Waals surface area contributed by atoms with Crippen LogP contribution in [0.4, 0.5) is 0 Å². The summed E-state index contributed by atoms with van der Waals surface area (Å²) >= 11 is 0. The highest BCUT2D eigenvalue weighted by Gasteiger charge is 2.00. The van der Waals surface area contributed by atoms with Crippen LogP contribution in [0, 0.1) is 0 Å². The van der Waals surface area contributed by atoms with Gasteiger partial charge in [0.15, 0.2) is 0 Å². The Morgan fingerprint density at radius 3 is 1.96 bits per heavy atom. The van der Waals surface area contributed by atoms with Gasteiger partial charge in [-0.2, -0.15) is 0 Å². The molecule has 0 fully saturated rings. The highest BCUT2D eigenvalue weighted by atomic mass is 16.6. The normalized spacial score (nSPS) is 11.2. The summed E-state index contributed by atoms with van der Waals surface area (Å²) in [6.45, 7) is 11.8. The summed E-state index contributed by atoms with van der Waals surface area (Å²) in [6, 6.07) is 0.511. The van der Waals surface area contributed by atoms with Gasteiger partial charge < -0.3 is 29.6 Å². The third-order valence-corrected chi connectivity index (χ3v) is 3.03. The molecule has 0 aliphatic carbocycles. The number of unbranched alkanes of at least 4 members (excludes halogenated alkanes) is 1. The van der Waals surface area contributed by atoms with Gasteiger partial charge in [0.05, 0.1) is 39.6 Å². The second-order valence-electron chi connectivity index (χ2n) is 5.64. The molecule has 0 rings (SSSR count). The number of carbonyl (C=O) groups is 1. The van der Waals surface area contributed by atoms with Gasteiger partial charge >= 0.3 is 0 Å². The Morgan fingerprint density at radius 2 is 1.38 bits per heavy atom. The molecule has 0 spiro atoms. The van der Waals surface area contributed by atoms with Gasteiger partial charge in [-0.25, -0.2) is 0 Å². The van der Waals surface area contributed by atoms with E-state index < -0.39 is 0 Å². The lowest BCUT2D eigenvalue weighted by Gasteiger charge is -2.09. The molecule has 0 saturated heterocycles. The highest BCUT2D eigenvalue weighted by molar-refractivity contribution is 5.77. The Hall–Kier alpha value is -0.730. The molecule has 0 aliphatic rings. The third kappa shape index (κ3) is 19.3. The van der Waals surface area contributed by atoms with Gasteiger partial charge in [0, 0.05) is 19.2 Å². The van der Waals surface area contributed by atoms with Crippen LogP contribution in [0.15, 0.2) is 0 Å². The van der Waals surface area contributed by atoms with Crippen LogP contribution in [0.3, 0.4) is 0 Å². The Morgan fingerprint density at radius 1 is 0.833 bits per heavy atom. The Kier molecular flexibility index (Phi) is 18.0. The molecule has 144 valence electrons. The van der Waals surface area contributed by atoms with E-state index in [1.165, 1.54) is 0 Å². The van der Waals surface area contributed by atoms with Crippen molar-refractivity contribution in [2.45, 2.75) is 39.7 Å². The lowest BCUT2D eigenvalue weighted by atomic mass is 10.3. The molecular formula is C17H36N2O5. The largest absolute Gasteiger partial charge is 0.379 e. The maximum Gasteiger partial charge on any atom is 0.245 e. The molecule has 0 aliphatic heterocycles. The second kappa shape index (κ2) is 18.6. The summed E-state index contributed by atoms with van der Waals surface area (Å²) in [7, 11) is 0. The van der Waals surface area contributed by atoms with Gasteiger partial charge in [-0.3, -0.25) is 4.79 Å². The summed E-state index contributed by atoms with van der Waals surface area (Å²) in [5.74, 6) is -0.0777. The Labute approximate surface area is 146 Å². The first-order valence-corrected chi connectivity index (χ1v) is 8.97. The summed E-state index contributed by atoms with van der Waals surface area (Å²) in [5.41, 5.74) is 0. The van der Waals surface area contributed by atoms with E-state index in [4.69, 9.17) is 18.9 Å². The lowest BCUT2D eigenvalue weighted by molar-refractivity contribution is -0.126. The van der Waals surface area contributed by atoms with E-state index in [0.717, 1.165) is 19.4 Å². The molecule has 0 radical (unpaired) electrons. The number of hydrogen-bond acceptors (Lipinski definition) is 6. The summed E-state index contributed by atoms with van der Waals surface area (Å²) in [6.07, 6.45) is 2.03. The van der Waals surface area contributed by atoms with Crippen molar-refractivity contribution >= 4 is 5.91 Å². The van der Waals surface area contributed by atoms with Crippen LogP contribution in [-0.4, -0.2) is 77.9 Å². The first kappa shape index (κ1) is 23.3. The van der Waals surface area contributed by atoms with Crippen molar-refractivity contribution in [3.05, 3.63) is 0 Å². The van der Waals surface area contributed by atoms with Crippen molar-refractivity contribution in [3.63, 3.8) is 0 Å². The van der Waals surface area contributed by atoms with Gasteiger partial charge in [-0.15, -0.1) is 0 Å². The molecule has 0 aromatic carbocycles. The van der Waals surface area contributed by atoms with Crippen LogP contribution in [0.2, 0.25) is 0 Å². The monoisotopic (exact) mass is 348 g/mol. The Balaban J connectivity index is 3.15. The van der Waals surface area contributed by atoms with Crippen LogP contribution in [0.5, 0.6) is 0 Å². The molecule has 24 heavy (non-hydrogen) atoms. The van der Waals surface area contributed by atoms with E-state index in [1.807, 2.05) is 6.92 Å². The molecule has 7 nitrogen and oxygen atoms in total. The van der Waals surface area contributed by atoms with E-state index in [9.17, 15) is 4.79 Å². The molecule has 0 bridgehead atoms. The first-order chi connectivity index (χ1) is 11.7. The molecule has 0 atom stereocenters. The highest BCUT2D eigenvalue weighted by Crippen LogP contribution is 1.87. The van der Waals surface area contributed by atoms with Crippen LogP contribution >= 0.6 is 0 Å². The van der Waals surface area contributed by atoms with Crippen molar-refractivity contribution in [1.29, 1.82) is 0 Å². The number of hydrogen-bond donors (Lipinski definition) is 2. The zero-order valence-electron chi connectivity index (χ0n) is 15.6. The minimum atomic E-state index is -0.0777. The van der Waals surface area contributed by atoms with Crippen LogP contribution in [0.25, 0.3) is 0 Å². The van der Waals surface area contributed by atoms with Crippen molar-refractivity contribution in [3.8, 4) is 0 Å². The van der Waals surface area contributed by atoms with E-state index in [2.05, 4.69) is 24.5 Å². The number of nitrogens with one attached hydrogen (secondary N) is 2. The van der Waals surface area contributed by atoms with Gasteiger partial charge in [0.25, 0.3) is 0 Å². The standard InChI is InChI=1S/C17H36N2O5/c1-4-21-9-10-22-11-12-23-13-14-24-15-17(20)19-8-6-5-7-18-16(2)3/h16,18H,4-15H2,1-3H3,(H,19,20). The topological polar surface area (TPSA) is 78.0 Å². The van der Waals surface area contributed by atoms with Gasteiger partial charge in [-0.05, 0) is 26.3 Å². The van der Waals surface area contributed by atoms with Gasteiger partial charge in [0.1, 0.15) is 6.61 Å². The van der Waals surface area contributed by atoms with Crippen LogP contribution in [0.1, 0.15) is 33.6 Å². The third-order valence-electron chi connectivity index (χ3n) is 3.03. The minimum absolute atomic E-state index is 0.0777. The first-order valence-electron chi connectivity index (χ1n) is 8.97. The number of rotatable bonds is 18. The molecule has 0 unspecified atom stereocenters. The number of ether oxygens (including phenoxy) is 4. The maximum absolute atomic E-state index is 11.5. The number of amides is 1. The average molecular weight is 348 g/mol. The van der Waals surface area contributed by atoms with E-state index in [1.54, 1.807) is 0 Å². The van der Waals surface area contributed by atoms with Crippen LogP contribution in [-0.2, 0) is 23.7 Å². The van der Waals surface area contributed by atoms with E-state index in [0.29, 0.717) is 58.8 Å². The molecule has 7 heteroatoms. The van der Waals surface area contributed by atoms with E-state index in [-0.39, 0.29) is 12.5 Å². The fourth-order valence-corrected chi connectivity index (χ4v) is 1.79. The lowest BCUT2D eigenvalue weighted by Crippen LogP contribution is -2.30. The predicted molar refractivity (Wildman–Crippen MR) is 94.3 cm³/mol. The van der Waals surface area contributed by atoms with Crippen LogP contribution < -0.4 is 10.6 Å². The molecular weight excluding hydrogens is 312 g/mol. The van der Waals surface area contributed by atoms with Crippen molar-refractivity contribution < 1.29 is 23.7 Å². The van der Waals surface area contributed by atoms with Crippen molar-refractivity contribution in [1.82, 2.24) is 10.6 Å². The maximum atomic E-state index is 11.5. The molecule has 0 saturated carbocycles. The molecule has 0 aromatic rings. The molecule has 0 heterocycles. The van der Waals surface area contributed by atoms with E-state index >= 15 is 0 Å². The fraction of sp³-hybridized carbons (Fsp3) is 0.941. The smallest absolute Gasteiger partial charge is 0.245 e. The Bertz CT molecular complexity index is 278. The zero-order chi connectivity index (χ0) is 17.9. The second-order valence-corrected chi connectivity index (χ2v) is 5.64. The van der Waals surface area contributed by atoms with Crippen molar-refractivity contribution in [2.75, 3.05) is 65.9 Å². The summed E-state index contributed by atoms with van der Waals surface area (Å²) in [4.78, 5) is 11.5. The zero-order valence-corrected chi connectivity index (χ0v) is 15.6. The molecule has 1 amide bonds. The summed E-state index contributed by atoms with van der Waals surface area (Å²) in [5, 5.41) is 6.18. The van der Waals surface area contributed by atoms with Gasteiger partial charge in [0.2, 0.25) is 5.91 Å². The molecule has 2 N–H and O–H groups in total. The fourth-order valence-electron chi connectivity index (χ4n) is 1.79. The predicted octanol–water partition coefficient (Wildman–Crippen LogP) is 0.967. The minimum Gasteiger partial charge on any atom is -0.379 e.